The van der Waals surface area contributed by atoms with Crippen LogP contribution in [0.2, 0.25) is 18.1 Å². The van der Waals surface area contributed by atoms with Gasteiger partial charge in [-0.1, -0.05) is 32.4 Å². The van der Waals surface area contributed by atoms with Gasteiger partial charge in [0.05, 0.1) is 6.10 Å². The monoisotopic (exact) mass is 310 g/mol. The fraction of sp³-hybridized carbons (Fsp3) is 0.824. The van der Waals surface area contributed by atoms with E-state index < -0.39 is 8.32 Å². The normalized spacial score (nSPS) is 30.6. The highest BCUT2D eigenvalue weighted by atomic mass is 28.4. The lowest BCUT2D eigenvalue weighted by molar-refractivity contribution is -0.127. The van der Waals surface area contributed by atoms with E-state index in [-0.39, 0.29) is 24.1 Å². The van der Waals surface area contributed by atoms with E-state index >= 15 is 0 Å². The van der Waals surface area contributed by atoms with Gasteiger partial charge in [-0.05, 0) is 50.7 Å². The molecule has 4 heteroatoms. The minimum Gasteiger partial charge on any atom is -0.407 e. The molecule has 0 unspecified atom stereocenters. The Morgan fingerprint density at radius 1 is 1.24 bits per heavy atom. The van der Waals surface area contributed by atoms with Crippen LogP contribution in [-0.4, -0.2) is 32.4 Å². The number of hydrogen-bond acceptors (Lipinski definition) is 3. The third kappa shape index (κ3) is 4.05. The zero-order valence-corrected chi connectivity index (χ0v) is 15.0. The van der Waals surface area contributed by atoms with Crippen LogP contribution in [0.25, 0.3) is 0 Å². The van der Waals surface area contributed by atoms with Gasteiger partial charge in [-0.15, -0.1) is 0 Å². The molecule has 0 aromatic rings. The second-order valence-electron chi connectivity index (χ2n) is 6.51. The van der Waals surface area contributed by atoms with Crippen LogP contribution in [0.5, 0.6) is 0 Å². The Hall–Kier alpha value is -0.453. The third-order valence-electron chi connectivity index (χ3n) is 5.25. The van der Waals surface area contributed by atoms with Crippen molar-refractivity contribution in [3.05, 3.63) is 11.6 Å². The first-order chi connectivity index (χ1) is 10.0. The van der Waals surface area contributed by atoms with Gasteiger partial charge in [0.2, 0.25) is 0 Å². The Morgan fingerprint density at radius 3 is 2.52 bits per heavy atom. The van der Waals surface area contributed by atoms with Gasteiger partial charge in [0, 0.05) is 0 Å². The molecule has 3 nitrogen and oxygen atoms in total. The summed E-state index contributed by atoms with van der Waals surface area (Å²) in [5.41, 5.74) is 1.42. The summed E-state index contributed by atoms with van der Waals surface area (Å²) in [7, 11) is -1.74. The van der Waals surface area contributed by atoms with Crippen molar-refractivity contribution in [3.63, 3.8) is 0 Å². The predicted octanol–water partition coefficient (Wildman–Crippen LogP) is 4.23. The Kier molecular flexibility index (Phi) is 5.80. The van der Waals surface area contributed by atoms with Crippen LogP contribution in [0, 0.1) is 0 Å². The number of rotatable bonds is 5. The number of Topliss-reactive ketones (excluding diaryl/α,β-unsaturated/α-hetero) is 1. The largest absolute Gasteiger partial charge is 0.407 e. The number of ether oxygens (including phenoxy) is 1. The summed E-state index contributed by atoms with van der Waals surface area (Å²) in [6, 6.07) is 3.27. The molecule has 1 aliphatic heterocycles. The topological polar surface area (TPSA) is 38.8 Å². The minimum atomic E-state index is -1.74. The maximum atomic E-state index is 12.7. The van der Waals surface area contributed by atoms with Crippen molar-refractivity contribution in [3.8, 4) is 0 Å². The quantitative estimate of drug-likeness (QED) is 0.433. The van der Waals surface area contributed by atoms with Crippen molar-refractivity contribution in [1.82, 2.24) is 0 Å². The molecule has 1 fully saturated rings. The molecule has 0 aromatic carbocycles. The number of fused-ring (bicyclic) bond motifs is 1. The van der Waals surface area contributed by atoms with E-state index in [1.54, 1.807) is 0 Å². The third-order valence-corrected chi connectivity index (χ3v) is 9.90. The Labute approximate surface area is 130 Å². The first kappa shape index (κ1) is 16.9. The maximum absolute atomic E-state index is 12.7. The highest BCUT2D eigenvalue weighted by Crippen LogP contribution is 2.34. The van der Waals surface area contributed by atoms with Gasteiger partial charge in [0.15, 0.2) is 14.1 Å². The summed E-state index contributed by atoms with van der Waals surface area (Å²) >= 11 is 0. The smallest absolute Gasteiger partial charge is 0.193 e. The fourth-order valence-corrected chi connectivity index (χ4v) is 6.15. The van der Waals surface area contributed by atoms with Crippen molar-refractivity contribution in [2.24, 2.45) is 0 Å². The molecule has 0 radical (unpaired) electrons. The lowest BCUT2D eigenvalue weighted by Crippen LogP contribution is -2.44. The number of ketones is 1. The van der Waals surface area contributed by atoms with Gasteiger partial charge in [-0.25, -0.2) is 0 Å². The summed E-state index contributed by atoms with van der Waals surface area (Å²) in [6.07, 6.45) is 5.79. The van der Waals surface area contributed by atoms with Gasteiger partial charge < -0.3 is 9.16 Å². The van der Waals surface area contributed by atoms with Crippen LogP contribution in [0.15, 0.2) is 11.6 Å². The molecule has 0 saturated carbocycles. The number of epoxide rings is 1. The van der Waals surface area contributed by atoms with Crippen molar-refractivity contribution < 1.29 is 14.0 Å². The fourth-order valence-electron chi connectivity index (χ4n) is 3.31. The second-order valence-corrected chi connectivity index (χ2v) is 11.2. The number of carbonyl (C=O) groups excluding carboxylic acids is 1. The molecule has 0 spiro atoms. The molecular weight excluding hydrogens is 280 g/mol. The summed E-state index contributed by atoms with van der Waals surface area (Å²) in [5, 5.41) is 0. The average molecular weight is 311 g/mol. The molecule has 1 heterocycles. The van der Waals surface area contributed by atoms with Crippen molar-refractivity contribution >= 4 is 14.1 Å². The van der Waals surface area contributed by atoms with Gasteiger partial charge in [0.25, 0.3) is 0 Å². The van der Waals surface area contributed by atoms with E-state index in [2.05, 4.69) is 33.8 Å². The zero-order chi connectivity index (χ0) is 15.5. The Morgan fingerprint density at radius 2 is 1.90 bits per heavy atom. The van der Waals surface area contributed by atoms with Crippen LogP contribution in [0.4, 0.5) is 0 Å². The van der Waals surface area contributed by atoms with E-state index in [0.29, 0.717) is 0 Å². The van der Waals surface area contributed by atoms with Crippen LogP contribution in [-0.2, 0) is 14.0 Å². The van der Waals surface area contributed by atoms with Gasteiger partial charge in [0.1, 0.15) is 12.2 Å². The van der Waals surface area contributed by atoms with Crippen LogP contribution in [0.3, 0.4) is 0 Å². The molecule has 1 saturated heterocycles. The first-order valence-electron chi connectivity index (χ1n) is 8.57. The highest BCUT2D eigenvalue weighted by molar-refractivity contribution is 6.73. The predicted molar refractivity (Wildman–Crippen MR) is 88.0 cm³/mol. The van der Waals surface area contributed by atoms with E-state index in [0.717, 1.165) is 43.8 Å². The van der Waals surface area contributed by atoms with Crippen LogP contribution < -0.4 is 0 Å². The molecule has 3 atom stereocenters. The summed E-state index contributed by atoms with van der Waals surface area (Å²) in [4.78, 5) is 12.7. The van der Waals surface area contributed by atoms with Gasteiger partial charge >= 0.3 is 0 Å². The minimum absolute atomic E-state index is 0.144. The molecule has 0 N–H and O–H groups in total. The summed E-state index contributed by atoms with van der Waals surface area (Å²) in [5.74, 6) is 0.208. The lowest BCUT2D eigenvalue weighted by atomic mass is 9.99. The van der Waals surface area contributed by atoms with E-state index in [1.165, 1.54) is 5.57 Å². The van der Waals surface area contributed by atoms with Gasteiger partial charge in [-0.3, -0.25) is 4.79 Å². The molecule has 2 aliphatic rings. The Bertz CT molecular complexity index is 393. The first-order valence-corrected chi connectivity index (χ1v) is 11.1. The molecule has 0 bridgehead atoms. The van der Waals surface area contributed by atoms with Crippen molar-refractivity contribution in [2.75, 3.05) is 0 Å². The maximum Gasteiger partial charge on any atom is 0.193 e. The second kappa shape index (κ2) is 7.21. The number of allylic oxidation sites excluding steroid dienone is 2. The summed E-state index contributed by atoms with van der Waals surface area (Å²) in [6.45, 7) is 8.82. The summed E-state index contributed by atoms with van der Waals surface area (Å²) < 4.78 is 12.1. The van der Waals surface area contributed by atoms with E-state index in [1.807, 2.05) is 0 Å². The number of carbonyl (C=O) groups is 1. The van der Waals surface area contributed by atoms with E-state index in [4.69, 9.17) is 9.16 Å². The van der Waals surface area contributed by atoms with Crippen molar-refractivity contribution in [2.45, 2.75) is 89.8 Å². The molecular formula is C17H30O3Si. The number of hydrogen-bond donors (Lipinski definition) is 0. The molecule has 1 aliphatic carbocycles. The molecule has 0 amide bonds. The molecule has 21 heavy (non-hydrogen) atoms. The average Bonchev–Trinajstić information content (AvgIpc) is 3.27. The van der Waals surface area contributed by atoms with Crippen LogP contribution in [0.1, 0.15) is 53.4 Å². The Balaban J connectivity index is 2.11. The van der Waals surface area contributed by atoms with Crippen molar-refractivity contribution in [1.29, 1.82) is 0 Å². The van der Waals surface area contributed by atoms with Gasteiger partial charge in [-0.2, -0.15) is 0 Å². The SMILES string of the molecule is CC[Si](CC)(CC)O[C@H]1CCC=C(C)CC[C@H]2O[C@H]2C1=O. The molecule has 120 valence electrons. The van der Waals surface area contributed by atoms with Crippen LogP contribution >= 0.6 is 0 Å². The highest BCUT2D eigenvalue weighted by Gasteiger charge is 2.48. The van der Waals surface area contributed by atoms with E-state index in [9.17, 15) is 4.79 Å². The standard InChI is InChI=1S/C17H30O3Si/c1-5-21(6-2,7-3)20-14-10-8-9-13(4)11-12-15-17(19-15)16(14)18/h9,14-15,17H,5-8,10-12H2,1-4H3/t14-,15+,17+/m0/s1. The zero-order valence-electron chi connectivity index (χ0n) is 14.0. The molecule has 0 aromatic heterocycles. The molecule has 2 rings (SSSR count). The lowest BCUT2D eigenvalue weighted by Gasteiger charge is -2.32.